The summed E-state index contributed by atoms with van der Waals surface area (Å²) >= 11 is 0. The highest BCUT2D eigenvalue weighted by atomic mass is 16.1. The number of fused-ring (bicyclic) bond motifs is 1. The average Bonchev–Trinajstić information content (AvgIpc) is 2.49. The van der Waals surface area contributed by atoms with Crippen LogP contribution in [0, 0.1) is 12.8 Å². The van der Waals surface area contributed by atoms with Gasteiger partial charge in [0, 0.05) is 12.5 Å². The second-order valence-electron chi connectivity index (χ2n) is 6.52. The Balaban J connectivity index is 1.62. The number of rotatable bonds is 3. The van der Waals surface area contributed by atoms with Gasteiger partial charge in [-0.05, 0) is 49.7 Å². The molecule has 1 heterocycles. The first-order valence-electron chi connectivity index (χ1n) is 8.07. The van der Waals surface area contributed by atoms with Crippen LogP contribution in [0.25, 0.3) is 0 Å². The van der Waals surface area contributed by atoms with Gasteiger partial charge in [0.15, 0.2) is 5.78 Å². The van der Waals surface area contributed by atoms with Gasteiger partial charge >= 0.3 is 0 Å². The van der Waals surface area contributed by atoms with Crippen molar-refractivity contribution in [3.63, 3.8) is 0 Å². The van der Waals surface area contributed by atoms with Gasteiger partial charge in [0.2, 0.25) is 0 Å². The summed E-state index contributed by atoms with van der Waals surface area (Å²) in [6.07, 6.45) is 8.18. The Morgan fingerprint density at radius 3 is 2.80 bits per heavy atom. The summed E-state index contributed by atoms with van der Waals surface area (Å²) in [7, 11) is 0. The molecule has 2 fully saturated rings. The Bertz CT molecular complexity index is 482. The summed E-state index contributed by atoms with van der Waals surface area (Å²) in [4.78, 5) is 12.5. The van der Waals surface area contributed by atoms with Gasteiger partial charge in [0.25, 0.3) is 0 Å². The molecule has 1 aliphatic carbocycles. The van der Waals surface area contributed by atoms with E-state index in [1.165, 1.54) is 43.2 Å². The highest BCUT2D eigenvalue weighted by molar-refractivity contribution is 5.86. The van der Waals surface area contributed by atoms with E-state index in [0.29, 0.717) is 18.2 Å². The zero-order valence-electron chi connectivity index (χ0n) is 12.4. The SMILES string of the molecule is Cc1ccccc1CC(=O)C1CCC2CCCCC2N1. The molecule has 2 nitrogen and oxygen atoms in total. The predicted octanol–water partition coefficient (Wildman–Crippen LogP) is 3.42. The van der Waals surface area contributed by atoms with E-state index in [1.54, 1.807) is 0 Å². The van der Waals surface area contributed by atoms with Gasteiger partial charge in [0.05, 0.1) is 6.04 Å². The van der Waals surface area contributed by atoms with Gasteiger partial charge < -0.3 is 5.32 Å². The fraction of sp³-hybridized carbons (Fsp3) is 0.611. The first kappa shape index (κ1) is 13.8. The maximum absolute atomic E-state index is 12.5. The molecule has 2 heteroatoms. The Kier molecular flexibility index (Phi) is 4.21. The molecule has 2 aliphatic rings. The van der Waals surface area contributed by atoms with Crippen LogP contribution in [0.5, 0.6) is 0 Å². The van der Waals surface area contributed by atoms with Gasteiger partial charge in [-0.15, -0.1) is 0 Å². The standard InChI is InChI=1S/C18H25NO/c1-13-6-2-3-8-15(13)12-18(20)17-11-10-14-7-4-5-9-16(14)19-17/h2-3,6,8,14,16-17,19H,4-5,7,9-12H2,1H3. The number of carbonyl (C=O) groups excluding carboxylic acids is 1. The molecule has 0 spiro atoms. The second-order valence-corrected chi connectivity index (χ2v) is 6.52. The van der Waals surface area contributed by atoms with E-state index in [4.69, 9.17) is 0 Å². The lowest BCUT2D eigenvalue weighted by Crippen LogP contribution is -2.52. The van der Waals surface area contributed by atoms with Gasteiger partial charge in [-0.2, -0.15) is 0 Å². The number of piperidine rings is 1. The van der Waals surface area contributed by atoms with E-state index >= 15 is 0 Å². The topological polar surface area (TPSA) is 29.1 Å². The number of hydrogen-bond donors (Lipinski definition) is 1. The molecule has 1 saturated heterocycles. The number of benzene rings is 1. The summed E-state index contributed by atoms with van der Waals surface area (Å²) in [5.41, 5.74) is 2.41. The van der Waals surface area contributed by atoms with Crippen molar-refractivity contribution in [3.05, 3.63) is 35.4 Å². The molecular formula is C18H25NO. The predicted molar refractivity (Wildman–Crippen MR) is 81.8 cm³/mol. The van der Waals surface area contributed by atoms with E-state index < -0.39 is 0 Å². The highest BCUT2D eigenvalue weighted by Gasteiger charge is 2.34. The molecule has 0 radical (unpaired) electrons. The normalized spacial score (nSPS) is 29.8. The van der Waals surface area contributed by atoms with Crippen molar-refractivity contribution in [2.45, 2.75) is 64.0 Å². The largest absolute Gasteiger partial charge is 0.304 e. The lowest BCUT2D eigenvalue weighted by atomic mass is 9.77. The highest BCUT2D eigenvalue weighted by Crippen LogP contribution is 2.32. The zero-order chi connectivity index (χ0) is 13.9. The number of carbonyl (C=O) groups is 1. The Morgan fingerprint density at radius 1 is 1.15 bits per heavy atom. The van der Waals surface area contributed by atoms with Crippen LogP contribution in [-0.4, -0.2) is 17.9 Å². The molecule has 1 N–H and O–H groups in total. The van der Waals surface area contributed by atoms with Crippen LogP contribution in [-0.2, 0) is 11.2 Å². The van der Waals surface area contributed by atoms with E-state index in [2.05, 4.69) is 24.4 Å². The van der Waals surface area contributed by atoms with Crippen molar-refractivity contribution < 1.29 is 4.79 Å². The third kappa shape index (κ3) is 2.95. The van der Waals surface area contributed by atoms with Crippen LogP contribution in [0.2, 0.25) is 0 Å². The molecule has 1 aromatic rings. The number of Topliss-reactive ketones (excluding diaryl/α,β-unsaturated/α-hetero) is 1. The Hall–Kier alpha value is -1.15. The van der Waals surface area contributed by atoms with E-state index in [1.807, 2.05) is 12.1 Å². The molecule has 20 heavy (non-hydrogen) atoms. The van der Waals surface area contributed by atoms with E-state index in [0.717, 1.165) is 12.3 Å². The lowest BCUT2D eigenvalue weighted by molar-refractivity contribution is -0.121. The minimum absolute atomic E-state index is 0.0916. The second kappa shape index (κ2) is 6.09. The average molecular weight is 271 g/mol. The fourth-order valence-electron chi connectivity index (χ4n) is 3.87. The van der Waals surface area contributed by atoms with Crippen LogP contribution in [0.4, 0.5) is 0 Å². The van der Waals surface area contributed by atoms with Gasteiger partial charge in [0.1, 0.15) is 0 Å². The van der Waals surface area contributed by atoms with Crippen LogP contribution in [0.1, 0.15) is 49.7 Å². The third-order valence-electron chi connectivity index (χ3n) is 5.17. The van der Waals surface area contributed by atoms with Gasteiger partial charge in [-0.25, -0.2) is 0 Å². The number of aryl methyl sites for hydroxylation is 1. The molecule has 3 atom stereocenters. The minimum atomic E-state index is 0.0916. The Morgan fingerprint density at radius 2 is 1.95 bits per heavy atom. The van der Waals surface area contributed by atoms with Crippen LogP contribution < -0.4 is 5.32 Å². The molecule has 1 saturated carbocycles. The maximum atomic E-state index is 12.5. The monoisotopic (exact) mass is 271 g/mol. The zero-order valence-corrected chi connectivity index (χ0v) is 12.4. The minimum Gasteiger partial charge on any atom is -0.304 e. The molecule has 3 rings (SSSR count). The van der Waals surface area contributed by atoms with Crippen molar-refractivity contribution >= 4 is 5.78 Å². The first-order valence-corrected chi connectivity index (χ1v) is 8.07. The molecule has 0 bridgehead atoms. The number of ketones is 1. The van der Waals surface area contributed by atoms with Gasteiger partial charge in [-0.3, -0.25) is 4.79 Å². The molecule has 1 aromatic carbocycles. The maximum Gasteiger partial charge on any atom is 0.154 e. The molecular weight excluding hydrogens is 246 g/mol. The van der Waals surface area contributed by atoms with Crippen molar-refractivity contribution in [1.82, 2.24) is 5.32 Å². The van der Waals surface area contributed by atoms with E-state index in [-0.39, 0.29) is 6.04 Å². The quantitative estimate of drug-likeness (QED) is 0.912. The molecule has 3 unspecified atom stereocenters. The van der Waals surface area contributed by atoms with Gasteiger partial charge in [-0.1, -0.05) is 37.1 Å². The summed E-state index contributed by atoms with van der Waals surface area (Å²) in [6, 6.07) is 8.93. The smallest absolute Gasteiger partial charge is 0.154 e. The van der Waals surface area contributed by atoms with Crippen molar-refractivity contribution in [2.75, 3.05) is 0 Å². The summed E-state index contributed by atoms with van der Waals surface area (Å²) in [6.45, 7) is 2.09. The van der Waals surface area contributed by atoms with Crippen molar-refractivity contribution in [3.8, 4) is 0 Å². The fourth-order valence-corrected chi connectivity index (χ4v) is 3.87. The third-order valence-corrected chi connectivity index (χ3v) is 5.17. The van der Waals surface area contributed by atoms with E-state index in [9.17, 15) is 4.79 Å². The molecule has 0 aromatic heterocycles. The summed E-state index contributed by atoms with van der Waals surface area (Å²) in [5, 5.41) is 3.65. The lowest BCUT2D eigenvalue weighted by Gasteiger charge is -2.40. The van der Waals surface area contributed by atoms with Crippen molar-refractivity contribution in [1.29, 1.82) is 0 Å². The summed E-state index contributed by atoms with van der Waals surface area (Å²) < 4.78 is 0. The molecule has 0 amide bonds. The molecule has 108 valence electrons. The first-order chi connectivity index (χ1) is 9.74. The van der Waals surface area contributed by atoms with Crippen LogP contribution >= 0.6 is 0 Å². The Labute approximate surface area is 122 Å². The van der Waals surface area contributed by atoms with Crippen LogP contribution in [0.15, 0.2) is 24.3 Å². The van der Waals surface area contributed by atoms with Crippen LogP contribution in [0.3, 0.4) is 0 Å². The number of hydrogen-bond acceptors (Lipinski definition) is 2. The molecule has 1 aliphatic heterocycles. The summed E-state index contributed by atoms with van der Waals surface area (Å²) in [5.74, 6) is 1.20. The van der Waals surface area contributed by atoms with Crippen molar-refractivity contribution in [2.24, 2.45) is 5.92 Å². The number of nitrogens with one attached hydrogen (secondary N) is 1.